The molecule has 2 aromatic heterocycles. The summed E-state index contributed by atoms with van der Waals surface area (Å²) >= 11 is 6.91. The van der Waals surface area contributed by atoms with Crippen LogP contribution in [0.3, 0.4) is 0 Å². The largest absolute Gasteiger partial charge is 0.376 e. The van der Waals surface area contributed by atoms with Crippen LogP contribution < -0.4 is 10.6 Å². The number of hydrogen-bond acceptors (Lipinski definition) is 5. The van der Waals surface area contributed by atoms with Gasteiger partial charge < -0.3 is 15.4 Å². The molecule has 7 heteroatoms. The molecule has 1 saturated heterocycles. The minimum atomic E-state index is 0.253. The van der Waals surface area contributed by atoms with E-state index in [1.807, 2.05) is 23.6 Å². The Morgan fingerprint density at radius 3 is 3.19 bits per heavy atom. The van der Waals surface area contributed by atoms with E-state index in [2.05, 4.69) is 20.6 Å². The minimum Gasteiger partial charge on any atom is -0.376 e. The third-order valence-corrected chi connectivity index (χ3v) is 4.31. The molecule has 110 valence electrons. The maximum atomic E-state index is 5.54. The predicted molar refractivity (Wildman–Crippen MR) is 88.5 cm³/mol. The van der Waals surface area contributed by atoms with Gasteiger partial charge in [0, 0.05) is 19.3 Å². The molecule has 21 heavy (non-hydrogen) atoms. The van der Waals surface area contributed by atoms with Crippen LogP contribution in [-0.4, -0.2) is 34.3 Å². The molecular formula is C14H16N4OS2. The molecule has 5 nitrogen and oxygen atoms in total. The number of rotatable bonds is 4. The van der Waals surface area contributed by atoms with E-state index in [-0.39, 0.29) is 6.10 Å². The molecule has 0 spiro atoms. The number of ether oxygens (including phenoxy) is 1. The highest BCUT2D eigenvalue weighted by atomic mass is 32.1. The van der Waals surface area contributed by atoms with E-state index >= 15 is 0 Å². The zero-order valence-corrected chi connectivity index (χ0v) is 13.0. The van der Waals surface area contributed by atoms with Gasteiger partial charge in [0.15, 0.2) is 5.11 Å². The molecule has 0 unspecified atom stereocenters. The van der Waals surface area contributed by atoms with E-state index in [0.29, 0.717) is 11.1 Å². The van der Waals surface area contributed by atoms with Crippen LogP contribution in [-0.2, 0) is 4.74 Å². The van der Waals surface area contributed by atoms with Crippen molar-refractivity contribution in [2.75, 3.05) is 18.5 Å². The van der Waals surface area contributed by atoms with Crippen molar-refractivity contribution in [3.63, 3.8) is 0 Å². The minimum absolute atomic E-state index is 0.253. The van der Waals surface area contributed by atoms with Crippen molar-refractivity contribution < 1.29 is 4.74 Å². The quantitative estimate of drug-likeness (QED) is 0.845. The fraction of sp³-hybridized carbons (Fsp3) is 0.357. The molecule has 0 amide bonds. The molecule has 1 fully saturated rings. The van der Waals surface area contributed by atoms with E-state index in [4.69, 9.17) is 17.0 Å². The summed E-state index contributed by atoms with van der Waals surface area (Å²) in [4.78, 5) is 9.77. The Bertz CT molecular complexity index is 597. The molecule has 0 bridgehead atoms. The lowest BCUT2D eigenvalue weighted by molar-refractivity contribution is 0.114. The standard InChI is InChI=1S/C14H16N4OS2/c20-14(16-9-10-3-1-7-19-10)18-13-15-6-5-11(17-13)12-4-2-8-21-12/h2,4-6,8,10H,1,3,7,9H2,(H2,15,16,17,18,20)/t10-/m1/s1. The SMILES string of the molecule is S=C(NC[C@H]1CCCO1)Nc1nccc(-c2cccs2)n1. The number of nitrogens with one attached hydrogen (secondary N) is 2. The van der Waals surface area contributed by atoms with E-state index in [1.54, 1.807) is 17.5 Å². The van der Waals surface area contributed by atoms with Gasteiger partial charge in [-0.05, 0) is 42.6 Å². The van der Waals surface area contributed by atoms with E-state index in [9.17, 15) is 0 Å². The number of thiophene rings is 1. The summed E-state index contributed by atoms with van der Waals surface area (Å²) in [5, 5.41) is 8.71. The highest BCUT2D eigenvalue weighted by Gasteiger charge is 2.15. The lowest BCUT2D eigenvalue weighted by atomic mass is 10.2. The van der Waals surface area contributed by atoms with Gasteiger partial charge in [-0.2, -0.15) is 0 Å². The van der Waals surface area contributed by atoms with Gasteiger partial charge in [0.25, 0.3) is 0 Å². The highest BCUT2D eigenvalue weighted by Crippen LogP contribution is 2.22. The molecule has 0 aromatic carbocycles. The smallest absolute Gasteiger partial charge is 0.229 e. The summed E-state index contributed by atoms with van der Waals surface area (Å²) in [6, 6.07) is 5.92. The zero-order chi connectivity index (χ0) is 14.5. The van der Waals surface area contributed by atoms with Crippen LogP contribution in [0, 0.1) is 0 Å². The highest BCUT2D eigenvalue weighted by molar-refractivity contribution is 7.80. The lowest BCUT2D eigenvalue weighted by Crippen LogP contribution is -2.35. The third kappa shape index (κ3) is 3.96. The average Bonchev–Trinajstić information content (AvgIpc) is 3.19. The molecule has 2 N–H and O–H groups in total. The van der Waals surface area contributed by atoms with Crippen molar-refractivity contribution in [3.8, 4) is 10.6 Å². The average molecular weight is 320 g/mol. The number of thiocarbonyl (C=S) groups is 1. The number of nitrogens with zero attached hydrogens (tertiary/aromatic N) is 2. The normalized spacial score (nSPS) is 17.6. The summed E-state index contributed by atoms with van der Waals surface area (Å²) in [5.74, 6) is 0.505. The third-order valence-electron chi connectivity index (χ3n) is 3.17. The summed E-state index contributed by atoms with van der Waals surface area (Å²) in [5.41, 5.74) is 0.893. The number of hydrogen-bond donors (Lipinski definition) is 2. The first-order valence-corrected chi connectivity index (χ1v) is 8.13. The van der Waals surface area contributed by atoms with Crippen molar-refractivity contribution in [1.82, 2.24) is 15.3 Å². The van der Waals surface area contributed by atoms with Gasteiger partial charge in [0.2, 0.25) is 5.95 Å². The molecule has 1 aliphatic rings. The lowest BCUT2D eigenvalue weighted by Gasteiger charge is -2.13. The van der Waals surface area contributed by atoms with Crippen molar-refractivity contribution in [1.29, 1.82) is 0 Å². The Hall–Kier alpha value is -1.57. The summed E-state index contributed by atoms with van der Waals surface area (Å²) < 4.78 is 5.54. The maximum absolute atomic E-state index is 5.54. The van der Waals surface area contributed by atoms with Crippen LogP contribution in [0.15, 0.2) is 29.8 Å². The first-order valence-electron chi connectivity index (χ1n) is 6.84. The Kier molecular flexibility index (Phi) is 4.74. The Morgan fingerprint density at radius 2 is 2.43 bits per heavy atom. The van der Waals surface area contributed by atoms with Gasteiger partial charge in [-0.15, -0.1) is 11.3 Å². The second-order valence-electron chi connectivity index (χ2n) is 4.71. The fourth-order valence-electron chi connectivity index (χ4n) is 2.14. The van der Waals surface area contributed by atoms with Crippen LogP contribution in [0.5, 0.6) is 0 Å². The summed E-state index contributed by atoms with van der Waals surface area (Å²) in [7, 11) is 0. The fourth-order valence-corrected chi connectivity index (χ4v) is 3.01. The van der Waals surface area contributed by atoms with Gasteiger partial charge in [0.05, 0.1) is 16.7 Å². The van der Waals surface area contributed by atoms with E-state index in [0.717, 1.165) is 36.6 Å². The van der Waals surface area contributed by atoms with Gasteiger partial charge in [-0.1, -0.05) is 6.07 Å². The van der Waals surface area contributed by atoms with Gasteiger partial charge in [0.1, 0.15) is 0 Å². The monoisotopic (exact) mass is 320 g/mol. The topological polar surface area (TPSA) is 59.1 Å². The molecule has 3 heterocycles. The van der Waals surface area contributed by atoms with Crippen molar-refractivity contribution in [2.24, 2.45) is 0 Å². The first-order chi connectivity index (χ1) is 10.3. The molecule has 2 aromatic rings. The Balaban J connectivity index is 1.56. The Labute approximate surface area is 132 Å². The van der Waals surface area contributed by atoms with Crippen LogP contribution in [0.4, 0.5) is 5.95 Å². The van der Waals surface area contributed by atoms with Crippen LogP contribution in [0.2, 0.25) is 0 Å². The zero-order valence-electron chi connectivity index (χ0n) is 11.4. The Morgan fingerprint density at radius 1 is 1.48 bits per heavy atom. The second kappa shape index (κ2) is 6.93. The molecule has 1 aliphatic heterocycles. The van der Waals surface area contributed by atoms with Crippen molar-refractivity contribution >= 4 is 34.6 Å². The second-order valence-corrected chi connectivity index (χ2v) is 6.07. The van der Waals surface area contributed by atoms with Crippen LogP contribution >= 0.6 is 23.6 Å². The van der Waals surface area contributed by atoms with Crippen molar-refractivity contribution in [2.45, 2.75) is 18.9 Å². The number of anilines is 1. The van der Waals surface area contributed by atoms with E-state index in [1.165, 1.54) is 0 Å². The predicted octanol–water partition coefficient (Wildman–Crippen LogP) is 2.67. The van der Waals surface area contributed by atoms with Crippen molar-refractivity contribution in [3.05, 3.63) is 29.8 Å². The molecule has 1 atom stereocenters. The summed E-state index contributed by atoms with van der Waals surface area (Å²) in [6.07, 6.45) is 4.19. The van der Waals surface area contributed by atoms with Crippen LogP contribution in [0.1, 0.15) is 12.8 Å². The first kappa shape index (κ1) is 14.4. The molecule has 3 rings (SSSR count). The molecular weight excluding hydrogens is 304 g/mol. The van der Waals surface area contributed by atoms with Gasteiger partial charge in [-0.25, -0.2) is 9.97 Å². The summed E-state index contributed by atoms with van der Waals surface area (Å²) in [6.45, 7) is 1.56. The van der Waals surface area contributed by atoms with E-state index < -0.39 is 0 Å². The van der Waals surface area contributed by atoms with Gasteiger partial charge in [-0.3, -0.25) is 0 Å². The van der Waals surface area contributed by atoms with Gasteiger partial charge >= 0.3 is 0 Å². The molecule has 0 aliphatic carbocycles. The maximum Gasteiger partial charge on any atom is 0.229 e. The number of aromatic nitrogens is 2. The molecule has 0 radical (unpaired) electrons. The van der Waals surface area contributed by atoms with Crippen LogP contribution in [0.25, 0.3) is 10.6 Å². The molecule has 0 saturated carbocycles.